The van der Waals surface area contributed by atoms with E-state index in [4.69, 9.17) is 5.11 Å². The Labute approximate surface area is 111 Å². The Morgan fingerprint density at radius 3 is 2.74 bits per heavy atom. The molecule has 0 radical (unpaired) electrons. The summed E-state index contributed by atoms with van der Waals surface area (Å²) in [6.45, 7) is 3.88. The van der Waals surface area contributed by atoms with E-state index in [1.165, 1.54) is 6.33 Å². The Hall–Kier alpha value is -2.18. The third-order valence-electron chi connectivity index (χ3n) is 2.84. The molecule has 0 fully saturated rings. The molecule has 3 N–H and O–H groups in total. The second kappa shape index (κ2) is 7.30. The van der Waals surface area contributed by atoms with Crippen LogP contribution in [0.5, 0.6) is 0 Å². The van der Waals surface area contributed by atoms with Gasteiger partial charge in [-0.25, -0.2) is 19.6 Å². The maximum Gasteiger partial charge on any atom is 0.326 e. The van der Waals surface area contributed by atoms with Crippen LogP contribution in [0.15, 0.2) is 18.6 Å². The molecule has 0 saturated heterocycles. The van der Waals surface area contributed by atoms with Gasteiger partial charge in [0, 0.05) is 6.20 Å². The van der Waals surface area contributed by atoms with Gasteiger partial charge < -0.3 is 15.7 Å². The number of carboxylic acids is 1. The minimum absolute atomic E-state index is 0.137. The molecule has 2 atom stereocenters. The van der Waals surface area contributed by atoms with Crippen molar-refractivity contribution in [1.82, 2.24) is 20.6 Å². The summed E-state index contributed by atoms with van der Waals surface area (Å²) in [6, 6.07) is 0.255. The normalized spacial score (nSPS) is 13.4. The van der Waals surface area contributed by atoms with E-state index in [0.29, 0.717) is 12.1 Å². The highest BCUT2D eigenvalue weighted by Crippen LogP contribution is 2.07. The van der Waals surface area contributed by atoms with E-state index in [1.807, 2.05) is 6.92 Å². The summed E-state index contributed by atoms with van der Waals surface area (Å²) in [7, 11) is 0. The van der Waals surface area contributed by atoms with Crippen LogP contribution in [0, 0.1) is 5.92 Å². The summed E-state index contributed by atoms with van der Waals surface area (Å²) in [5.74, 6) is -1.17. The van der Waals surface area contributed by atoms with E-state index in [1.54, 1.807) is 19.2 Å². The molecule has 19 heavy (non-hydrogen) atoms. The molecule has 7 nitrogen and oxygen atoms in total. The Morgan fingerprint density at radius 2 is 2.21 bits per heavy atom. The van der Waals surface area contributed by atoms with Crippen LogP contribution < -0.4 is 10.6 Å². The Morgan fingerprint density at radius 1 is 1.47 bits per heavy atom. The second-order valence-corrected chi connectivity index (χ2v) is 4.23. The first kappa shape index (κ1) is 14.9. The third-order valence-corrected chi connectivity index (χ3v) is 2.84. The van der Waals surface area contributed by atoms with Crippen LogP contribution >= 0.6 is 0 Å². The van der Waals surface area contributed by atoms with Crippen LogP contribution in [0.4, 0.5) is 4.79 Å². The molecule has 0 unspecified atom stereocenters. The summed E-state index contributed by atoms with van der Waals surface area (Å²) < 4.78 is 0. The number of hydrogen-bond donors (Lipinski definition) is 3. The number of aromatic nitrogens is 2. The van der Waals surface area contributed by atoms with Crippen LogP contribution in [0.3, 0.4) is 0 Å². The highest BCUT2D eigenvalue weighted by atomic mass is 16.4. The average molecular weight is 266 g/mol. The molecule has 0 spiro atoms. The zero-order chi connectivity index (χ0) is 14.3. The molecule has 0 bridgehead atoms. The number of carbonyl (C=O) groups excluding carboxylic acids is 1. The molecule has 1 rings (SSSR count). The molecular formula is C12H18N4O3. The number of carbonyl (C=O) groups is 2. The molecule has 104 valence electrons. The molecule has 7 heteroatoms. The van der Waals surface area contributed by atoms with Crippen LogP contribution in [0.25, 0.3) is 0 Å². The first-order valence-electron chi connectivity index (χ1n) is 6.06. The topological polar surface area (TPSA) is 104 Å². The summed E-state index contributed by atoms with van der Waals surface area (Å²) in [5.41, 5.74) is 0.653. The van der Waals surface area contributed by atoms with Crippen molar-refractivity contribution >= 4 is 12.0 Å². The number of nitrogens with zero attached hydrogens (tertiary/aromatic N) is 2. The van der Waals surface area contributed by atoms with Gasteiger partial charge in [-0.15, -0.1) is 0 Å². The van der Waals surface area contributed by atoms with Crippen molar-refractivity contribution in [3.63, 3.8) is 0 Å². The largest absolute Gasteiger partial charge is 0.480 e. The van der Waals surface area contributed by atoms with Gasteiger partial charge in [0.1, 0.15) is 12.4 Å². The fourth-order valence-corrected chi connectivity index (χ4v) is 1.47. The second-order valence-electron chi connectivity index (χ2n) is 4.23. The van der Waals surface area contributed by atoms with Crippen molar-refractivity contribution in [3.8, 4) is 0 Å². The monoisotopic (exact) mass is 266 g/mol. The van der Waals surface area contributed by atoms with Crippen LogP contribution in [0.2, 0.25) is 0 Å². The molecule has 0 aliphatic heterocycles. The van der Waals surface area contributed by atoms with Crippen molar-refractivity contribution in [2.45, 2.75) is 32.9 Å². The summed E-state index contributed by atoms with van der Waals surface area (Å²) in [4.78, 5) is 30.4. The number of nitrogens with one attached hydrogen (secondary N) is 2. The molecule has 1 aromatic rings. The fourth-order valence-electron chi connectivity index (χ4n) is 1.47. The number of amides is 2. The summed E-state index contributed by atoms with van der Waals surface area (Å²) >= 11 is 0. The molecule has 0 aromatic carbocycles. The molecule has 0 aliphatic carbocycles. The number of carboxylic acid groups (broad SMARTS) is 1. The molecule has 0 aliphatic rings. The molecule has 0 saturated carbocycles. The SMILES string of the molecule is CC[C@H](C)[C@H](NC(=O)NCc1ccncn1)C(=O)O. The van der Waals surface area contributed by atoms with E-state index in [-0.39, 0.29) is 12.5 Å². The van der Waals surface area contributed by atoms with E-state index in [9.17, 15) is 9.59 Å². The van der Waals surface area contributed by atoms with Gasteiger partial charge in [0.2, 0.25) is 0 Å². The average Bonchev–Trinajstić information content (AvgIpc) is 2.42. The highest BCUT2D eigenvalue weighted by molar-refractivity contribution is 5.82. The lowest BCUT2D eigenvalue weighted by Gasteiger charge is -2.20. The van der Waals surface area contributed by atoms with Crippen LogP contribution in [0.1, 0.15) is 26.0 Å². The molecule has 1 aromatic heterocycles. The zero-order valence-electron chi connectivity index (χ0n) is 11.0. The van der Waals surface area contributed by atoms with E-state index in [0.717, 1.165) is 0 Å². The van der Waals surface area contributed by atoms with E-state index < -0.39 is 18.0 Å². The summed E-state index contributed by atoms with van der Waals surface area (Å²) in [5, 5.41) is 14.0. The minimum atomic E-state index is -1.04. The number of rotatable bonds is 6. The lowest BCUT2D eigenvalue weighted by Crippen LogP contribution is -2.48. The predicted octanol–water partition coefficient (Wildman–Crippen LogP) is 0.775. The first-order valence-corrected chi connectivity index (χ1v) is 6.06. The van der Waals surface area contributed by atoms with Gasteiger partial charge in [0.15, 0.2) is 0 Å². The quantitative estimate of drug-likeness (QED) is 0.705. The van der Waals surface area contributed by atoms with Crippen LogP contribution in [-0.2, 0) is 11.3 Å². The smallest absolute Gasteiger partial charge is 0.326 e. The maximum absolute atomic E-state index is 11.6. The number of hydrogen-bond acceptors (Lipinski definition) is 4. The molecule has 2 amide bonds. The van der Waals surface area contributed by atoms with Crippen molar-refractivity contribution in [2.24, 2.45) is 5.92 Å². The number of urea groups is 1. The van der Waals surface area contributed by atoms with Gasteiger partial charge in [0.05, 0.1) is 12.2 Å². The summed E-state index contributed by atoms with van der Waals surface area (Å²) in [6.07, 6.45) is 3.62. The predicted molar refractivity (Wildman–Crippen MR) is 68.3 cm³/mol. The number of aliphatic carboxylic acids is 1. The van der Waals surface area contributed by atoms with Gasteiger partial charge in [-0.1, -0.05) is 20.3 Å². The minimum Gasteiger partial charge on any atom is -0.480 e. The zero-order valence-corrected chi connectivity index (χ0v) is 11.0. The van der Waals surface area contributed by atoms with Gasteiger partial charge in [0.25, 0.3) is 0 Å². The van der Waals surface area contributed by atoms with Gasteiger partial charge in [-0.2, -0.15) is 0 Å². The molecular weight excluding hydrogens is 248 g/mol. The van der Waals surface area contributed by atoms with Gasteiger partial charge in [-0.05, 0) is 12.0 Å². The van der Waals surface area contributed by atoms with E-state index in [2.05, 4.69) is 20.6 Å². The van der Waals surface area contributed by atoms with Gasteiger partial charge >= 0.3 is 12.0 Å². The highest BCUT2D eigenvalue weighted by Gasteiger charge is 2.25. The van der Waals surface area contributed by atoms with Crippen molar-refractivity contribution < 1.29 is 14.7 Å². The Kier molecular flexibility index (Phi) is 5.72. The first-order chi connectivity index (χ1) is 9.04. The lowest BCUT2D eigenvalue weighted by atomic mass is 9.99. The fraction of sp³-hybridized carbons (Fsp3) is 0.500. The van der Waals surface area contributed by atoms with Crippen molar-refractivity contribution in [3.05, 3.63) is 24.3 Å². The van der Waals surface area contributed by atoms with E-state index >= 15 is 0 Å². The Balaban J connectivity index is 2.47. The maximum atomic E-state index is 11.6. The van der Waals surface area contributed by atoms with Crippen LogP contribution in [-0.4, -0.2) is 33.1 Å². The lowest BCUT2D eigenvalue weighted by molar-refractivity contribution is -0.140. The molecule has 1 heterocycles. The van der Waals surface area contributed by atoms with Crippen molar-refractivity contribution in [2.75, 3.05) is 0 Å². The third kappa shape index (κ3) is 4.90. The standard InChI is InChI=1S/C12H18N4O3/c1-3-8(2)10(11(17)18)16-12(19)14-6-9-4-5-13-7-15-9/h4-5,7-8,10H,3,6H2,1-2H3,(H,17,18)(H2,14,16,19)/t8-,10-/m0/s1. The van der Waals surface area contributed by atoms with Crippen molar-refractivity contribution in [1.29, 1.82) is 0 Å². The van der Waals surface area contributed by atoms with Gasteiger partial charge in [-0.3, -0.25) is 0 Å². The Bertz CT molecular complexity index is 424.